The van der Waals surface area contributed by atoms with Gasteiger partial charge in [0.1, 0.15) is 11.6 Å². The smallest absolute Gasteiger partial charge is 0.132 e. The van der Waals surface area contributed by atoms with E-state index in [0.29, 0.717) is 11.3 Å². The van der Waals surface area contributed by atoms with Crippen LogP contribution in [0.25, 0.3) is 0 Å². The van der Waals surface area contributed by atoms with Gasteiger partial charge < -0.3 is 10.1 Å². The molecule has 1 heterocycles. The second kappa shape index (κ2) is 7.22. The summed E-state index contributed by atoms with van der Waals surface area (Å²) in [6.45, 7) is 5.67. The largest absolute Gasteiger partial charge is 0.497 e. The van der Waals surface area contributed by atoms with E-state index in [2.05, 4.69) is 17.3 Å². The minimum atomic E-state index is -0.274. The highest BCUT2D eigenvalue weighted by Gasteiger charge is 2.21. The van der Waals surface area contributed by atoms with E-state index in [9.17, 15) is 4.39 Å². The van der Waals surface area contributed by atoms with E-state index >= 15 is 0 Å². The summed E-state index contributed by atoms with van der Waals surface area (Å²) < 4.78 is 21.4. The molecule has 0 amide bonds. The molecule has 1 aromatic carbocycles. The van der Waals surface area contributed by atoms with Crippen LogP contribution in [0.3, 0.4) is 0 Å². The molecule has 2 rings (SSSR count). The lowest BCUT2D eigenvalue weighted by molar-refractivity contribution is 0.409. The van der Waals surface area contributed by atoms with Gasteiger partial charge in [0.25, 0.3) is 0 Å². The lowest BCUT2D eigenvalue weighted by Crippen LogP contribution is -2.25. The average molecular weight is 291 g/mol. The molecule has 0 aliphatic heterocycles. The molecule has 0 saturated carbocycles. The van der Waals surface area contributed by atoms with Crippen LogP contribution < -0.4 is 10.1 Å². The van der Waals surface area contributed by atoms with Crippen molar-refractivity contribution in [1.29, 1.82) is 0 Å². The van der Waals surface area contributed by atoms with Crippen molar-refractivity contribution in [2.24, 2.45) is 0 Å². The Hall–Kier alpha value is -1.88. The summed E-state index contributed by atoms with van der Waals surface area (Å²) in [4.78, 5) is 0. The molecule has 0 aliphatic carbocycles. The molecular formula is C16H22FN3O. The van der Waals surface area contributed by atoms with Gasteiger partial charge in [-0.2, -0.15) is 5.10 Å². The van der Waals surface area contributed by atoms with Gasteiger partial charge >= 0.3 is 0 Å². The highest BCUT2D eigenvalue weighted by molar-refractivity contribution is 5.34. The highest BCUT2D eigenvalue weighted by atomic mass is 19.1. The summed E-state index contributed by atoms with van der Waals surface area (Å²) in [5.41, 5.74) is 1.58. The number of ether oxygens (including phenoxy) is 1. The molecule has 21 heavy (non-hydrogen) atoms. The van der Waals surface area contributed by atoms with Crippen molar-refractivity contribution in [3.05, 3.63) is 47.5 Å². The fourth-order valence-electron chi connectivity index (χ4n) is 2.43. The number of rotatable bonds is 7. The van der Waals surface area contributed by atoms with Crippen molar-refractivity contribution in [2.75, 3.05) is 13.7 Å². The third-order valence-corrected chi connectivity index (χ3v) is 3.41. The van der Waals surface area contributed by atoms with Gasteiger partial charge in [0.2, 0.25) is 0 Å². The van der Waals surface area contributed by atoms with Crippen LogP contribution in [0.5, 0.6) is 5.75 Å². The van der Waals surface area contributed by atoms with E-state index in [0.717, 1.165) is 25.2 Å². The third-order valence-electron chi connectivity index (χ3n) is 3.41. The van der Waals surface area contributed by atoms with Crippen molar-refractivity contribution >= 4 is 0 Å². The SMILES string of the molecule is CCCn1nccc1C(NCC)c1ccc(OC)cc1F. The van der Waals surface area contributed by atoms with E-state index in [-0.39, 0.29) is 11.9 Å². The number of nitrogens with one attached hydrogen (secondary N) is 1. The van der Waals surface area contributed by atoms with E-state index in [1.54, 1.807) is 18.3 Å². The van der Waals surface area contributed by atoms with E-state index in [4.69, 9.17) is 4.74 Å². The van der Waals surface area contributed by atoms with E-state index in [1.807, 2.05) is 17.7 Å². The van der Waals surface area contributed by atoms with Crippen LogP contribution in [-0.4, -0.2) is 23.4 Å². The van der Waals surface area contributed by atoms with Crippen LogP contribution in [0, 0.1) is 5.82 Å². The van der Waals surface area contributed by atoms with Crippen LogP contribution in [0.1, 0.15) is 37.6 Å². The normalized spacial score (nSPS) is 12.4. The van der Waals surface area contributed by atoms with Gasteiger partial charge in [-0.1, -0.05) is 19.9 Å². The summed E-state index contributed by atoms with van der Waals surface area (Å²) in [6.07, 6.45) is 2.75. The molecule has 0 saturated heterocycles. The Balaban J connectivity index is 2.40. The highest BCUT2D eigenvalue weighted by Crippen LogP contribution is 2.27. The van der Waals surface area contributed by atoms with Crippen molar-refractivity contribution in [2.45, 2.75) is 32.9 Å². The Kier molecular flexibility index (Phi) is 5.33. The molecule has 1 aromatic heterocycles. The molecule has 0 radical (unpaired) electrons. The first-order valence-electron chi connectivity index (χ1n) is 7.29. The third kappa shape index (κ3) is 3.42. The molecule has 2 aromatic rings. The lowest BCUT2D eigenvalue weighted by Gasteiger charge is -2.20. The summed E-state index contributed by atoms with van der Waals surface area (Å²) in [5.74, 6) is 0.248. The molecule has 0 bridgehead atoms. The first kappa shape index (κ1) is 15.5. The Morgan fingerprint density at radius 2 is 2.14 bits per heavy atom. The van der Waals surface area contributed by atoms with Crippen LogP contribution in [0.15, 0.2) is 30.5 Å². The van der Waals surface area contributed by atoms with Gasteiger partial charge in [-0.3, -0.25) is 4.68 Å². The monoisotopic (exact) mass is 291 g/mol. The molecule has 1 unspecified atom stereocenters. The number of hydrogen-bond acceptors (Lipinski definition) is 3. The molecular weight excluding hydrogens is 269 g/mol. The maximum atomic E-state index is 14.4. The van der Waals surface area contributed by atoms with E-state index < -0.39 is 0 Å². The predicted octanol–water partition coefficient (Wildman–Crippen LogP) is 3.14. The molecule has 0 aliphatic rings. The summed E-state index contributed by atoms with van der Waals surface area (Å²) >= 11 is 0. The van der Waals surface area contributed by atoms with Crippen molar-refractivity contribution in [3.63, 3.8) is 0 Å². The van der Waals surface area contributed by atoms with Gasteiger partial charge in [0.05, 0.1) is 18.8 Å². The number of methoxy groups -OCH3 is 1. The zero-order valence-electron chi connectivity index (χ0n) is 12.8. The Bertz CT molecular complexity index is 583. The van der Waals surface area contributed by atoms with Gasteiger partial charge in [0.15, 0.2) is 0 Å². The summed E-state index contributed by atoms with van der Waals surface area (Å²) in [5, 5.41) is 7.66. The molecule has 1 atom stereocenters. The van der Waals surface area contributed by atoms with Crippen LogP contribution in [0.2, 0.25) is 0 Å². The van der Waals surface area contributed by atoms with Crippen LogP contribution in [-0.2, 0) is 6.54 Å². The van der Waals surface area contributed by atoms with Crippen molar-refractivity contribution < 1.29 is 9.13 Å². The number of aromatic nitrogens is 2. The first-order chi connectivity index (χ1) is 10.2. The van der Waals surface area contributed by atoms with Gasteiger partial charge in [-0.15, -0.1) is 0 Å². The molecule has 4 nitrogen and oxygen atoms in total. The summed E-state index contributed by atoms with van der Waals surface area (Å²) in [6, 6.07) is 6.69. The minimum Gasteiger partial charge on any atom is -0.497 e. The standard InChI is InChI=1S/C16H22FN3O/c1-4-10-20-15(8-9-19-20)16(18-5-2)13-7-6-12(21-3)11-14(13)17/h6-9,11,16,18H,4-5,10H2,1-3H3. The first-order valence-corrected chi connectivity index (χ1v) is 7.29. The van der Waals surface area contributed by atoms with Crippen LogP contribution in [0.4, 0.5) is 4.39 Å². The quantitative estimate of drug-likeness (QED) is 0.852. The molecule has 5 heteroatoms. The predicted molar refractivity (Wildman–Crippen MR) is 81.0 cm³/mol. The van der Waals surface area contributed by atoms with Gasteiger partial charge in [-0.25, -0.2) is 4.39 Å². The molecule has 114 valence electrons. The zero-order chi connectivity index (χ0) is 15.2. The fraction of sp³-hybridized carbons (Fsp3) is 0.438. The maximum absolute atomic E-state index is 14.4. The maximum Gasteiger partial charge on any atom is 0.132 e. The molecule has 1 N–H and O–H groups in total. The Morgan fingerprint density at radius 3 is 2.76 bits per heavy atom. The lowest BCUT2D eigenvalue weighted by atomic mass is 10.0. The second-order valence-corrected chi connectivity index (χ2v) is 4.86. The minimum absolute atomic E-state index is 0.213. The zero-order valence-corrected chi connectivity index (χ0v) is 12.8. The van der Waals surface area contributed by atoms with Crippen LogP contribution >= 0.6 is 0 Å². The molecule has 0 spiro atoms. The molecule has 0 fully saturated rings. The van der Waals surface area contributed by atoms with Crippen molar-refractivity contribution in [3.8, 4) is 5.75 Å². The number of nitrogens with zero attached hydrogens (tertiary/aromatic N) is 2. The van der Waals surface area contributed by atoms with E-state index in [1.165, 1.54) is 13.2 Å². The Labute approximate surface area is 124 Å². The number of benzene rings is 1. The van der Waals surface area contributed by atoms with Gasteiger partial charge in [-0.05, 0) is 25.1 Å². The Morgan fingerprint density at radius 1 is 1.33 bits per heavy atom. The summed E-state index contributed by atoms with van der Waals surface area (Å²) in [7, 11) is 1.53. The second-order valence-electron chi connectivity index (χ2n) is 4.86. The van der Waals surface area contributed by atoms with Crippen molar-refractivity contribution in [1.82, 2.24) is 15.1 Å². The number of hydrogen-bond donors (Lipinski definition) is 1. The number of aryl methyl sites for hydroxylation is 1. The number of halogens is 1. The average Bonchev–Trinajstić information content (AvgIpc) is 2.93. The van der Waals surface area contributed by atoms with Gasteiger partial charge in [0, 0.05) is 24.4 Å². The topological polar surface area (TPSA) is 39.1 Å². The fourth-order valence-corrected chi connectivity index (χ4v) is 2.43.